The Hall–Kier alpha value is -2.26. The molecule has 0 bridgehead atoms. The number of nitrogen functional groups attached to an aromatic ring is 1. The SMILES string of the molecule is COc1cccc(NS(=O)(=O)c2c(N)nc3sccn23)c1. The first-order valence-electron chi connectivity index (χ1n) is 5.89. The summed E-state index contributed by atoms with van der Waals surface area (Å²) in [6.45, 7) is 0. The lowest BCUT2D eigenvalue weighted by atomic mass is 10.3. The van der Waals surface area contributed by atoms with Gasteiger partial charge in [-0.15, -0.1) is 11.3 Å². The van der Waals surface area contributed by atoms with Gasteiger partial charge in [0.15, 0.2) is 10.8 Å². The normalized spacial score (nSPS) is 11.7. The van der Waals surface area contributed by atoms with Crippen molar-refractivity contribution >= 4 is 37.8 Å². The molecule has 0 unspecified atom stereocenters. The molecular formula is C12H12N4O3S2. The van der Waals surface area contributed by atoms with Gasteiger partial charge in [-0.25, -0.2) is 4.98 Å². The fraction of sp³-hybridized carbons (Fsp3) is 0.0833. The van der Waals surface area contributed by atoms with Gasteiger partial charge in [0, 0.05) is 17.6 Å². The number of methoxy groups -OCH3 is 1. The average molecular weight is 324 g/mol. The highest BCUT2D eigenvalue weighted by atomic mass is 32.2. The second-order valence-electron chi connectivity index (χ2n) is 4.20. The van der Waals surface area contributed by atoms with Crippen LogP contribution in [0.5, 0.6) is 5.75 Å². The van der Waals surface area contributed by atoms with Crippen LogP contribution in [0.25, 0.3) is 4.96 Å². The number of nitrogens with zero attached hydrogens (tertiary/aromatic N) is 2. The molecule has 0 saturated carbocycles. The third-order valence-electron chi connectivity index (χ3n) is 2.82. The fourth-order valence-electron chi connectivity index (χ4n) is 1.94. The molecule has 9 heteroatoms. The molecular weight excluding hydrogens is 312 g/mol. The molecule has 2 heterocycles. The van der Waals surface area contributed by atoms with Gasteiger partial charge in [0.1, 0.15) is 5.75 Å². The van der Waals surface area contributed by atoms with Gasteiger partial charge in [-0.2, -0.15) is 8.42 Å². The first kappa shape index (κ1) is 13.7. The van der Waals surface area contributed by atoms with E-state index in [0.717, 1.165) is 0 Å². The summed E-state index contributed by atoms with van der Waals surface area (Å²) >= 11 is 1.31. The maximum atomic E-state index is 12.5. The monoisotopic (exact) mass is 324 g/mol. The zero-order valence-corrected chi connectivity index (χ0v) is 12.6. The molecule has 0 aliphatic rings. The summed E-state index contributed by atoms with van der Waals surface area (Å²) in [7, 11) is -2.33. The van der Waals surface area contributed by atoms with Gasteiger partial charge in [0.05, 0.1) is 12.8 Å². The minimum Gasteiger partial charge on any atom is -0.497 e. The van der Waals surface area contributed by atoms with Crippen molar-refractivity contribution in [1.82, 2.24) is 9.38 Å². The van der Waals surface area contributed by atoms with Gasteiger partial charge >= 0.3 is 0 Å². The number of ether oxygens (including phenoxy) is 1. The molecule has 1 aromatic carbocycles. The van der Waals surface area contributed by atoms with Crippen LogP contribution in [0.2, 0.25) is 0 Å². The van der Waals surface area contributed by atoms with Crippen LogP contribution in [0.4, 0.5) is 11.5 Å². The van der Waals surface area contributed by atoms with Crippen molar-refractivity contribution in [3.63, 3.8) is 0 Å². The van der Waals surface area contributed by atoms with Gasteiger partial charge < -0.3 is 10.5 Å². The summed E-state index contributed by atoms with van der Waals surface area (Å²) in [6.07, 6.45) is 1.61. The summed E-state index contributed by atoms with van der Waals surface area (Å²) in [5.41, 5.74) is 6.11. The molecule has 3 N–H and O–H groups in total. The maximum Gasteiger partial charge on any atom is 0.281 e. The van der Waals surface area contributed by atoms with Gasteiger partial charge in [-0.1, -0.05) is 6.07 Å². The molecule has 2 aromatic heterocycles. The van der Waals surface area contributed by atoms with E-state index in [1.807, 2.05) is 0 Å². The predicted molar refractivity (Wildman–Crippen MR) is 81.3 cm³/mol. The standard InChI is InChI=1S/C12H12N4O3S2/c1-19-9-4-2-3-8(7-9)15-21(17,18)11-10(13)14-12-16(11)5-6-20-12/h2-7,15H,13H2,1H3. The number of fused-ring (bicyclic) bond motifs is 1. The van der Waals surface area contributed by atoms with Crippen molar-refractivity contribution in [1.29, 1.82) is 0 Å². The Labute approximate surface area is 125 Å². The molecule has 0 fully saturated rings. The molecule has 0 spiro atoms. The Morgan fingerprint density at radius 1 is 1.43 bits per heavy atom. The van der Waals surface area contributed by atoms with Crippen molar-refractivity contribution in [2.24, 2.45) is 0 Å². The van der Waals surface area contributed by atoms with E-state index in [-0.39, 0.29) is 10.8 Å². The van der Waals surface area contributed by atoms with E-state index >= 15 is 0 Å². The third-order valence-corrected chi connectivity index (χ3v) is 5.00. The Morgan fingerprint density at radius 3 is 3.00 bits per heavy atom. The fourth-order valence-corrected chi connectivity index (χ4v) is 3.98. The Bertz CT molecular complexity index is 898. The average Bonchev–Trinajstić information content (AvgIpc) is 2.97. The molecule has 0 aliphatic carbocycles. The van der Waals surface area contributed by atoms with E-state index in [1.165, 1.54) is 22.8 Å². The van der Waals surface area contributed by atoms with Gasteiger partial charge in [-0.3, -0.25) is 9.12 Å². The number of imidazole rings is 1. The number of benzene rings is 1. The largest absolute Gasteiger partial charge is 0.497 e. The summed E-state index contributed by atoms with van der Waals surface area (Å²) in [5.74, 6) is 0.523. The molecule has 110 valence electrons. The Morgan fingerprint density at radius 2 is 2.24 bits per heavy atom. The molecule has 0 amide bonds. The summed E-state index contributed by atoms with van der Waals surface area (Å²) in [6, 6.07) is 6.63. The van der Waals surface area contributed by atoms with E-state index in [9.17, 15) is 8.42 Å². The van der Waals surface area contributed by atoms with Crippen molar-refractivity contribution in [2.45, 2.75) is 5.03 Å². The summed E-state index contributed by atoms with van der Waals surface area (Å²) in [5, 5.41) is 1.67. The lowest BCUT2D eigenvalue weighted by Crippen LogP contribution is -2.16. The quantitative estimate of drug-likeness (QED) is 0.762. The highest BCUT2D eigenvalue weighted by Gasteiger charge is 2.24. The number of hydrogen-bond donors (Lipinski definition) is 2. The Kier molecular flexibility index (Phi) is 3.22. The molecule has 0 aliphatic heterocycles. The van der Waals surface area contributed by atoms with Crippen LogP contribution in [-0.4, -0.2) is 24.9 Å². The van der Waals surface area contributed by atoms with Crippen molar-refractivity contribution in [3.05, 3.63) is 35.8 Å². The molecule has 21 heavy (non-hydrogen) atoms. The smallest absolute Gasteiger partial charge is 0.281 e. The van der Waals surface area contributed by atoms with Crippen LogP contribution in [-0.2, 0) is 10.0 Å². The zero-order valence-electron chi connectivity index (χ0n) is 11.0. The number of nitrogens with one attached hydrogen (secondary N) is 1. The van der Waals surface area contributed by atoms with E-state index in [1.54, 1.807) is 35.8 Å². The topological polar surface area (TPSA) is 98.7 Å². The van der Waals surface area contributed by atoms with Crippen molar-refractivity contribution in [3.8, 4) is 5.75 Å². The van der Waals surface area contributed by atoms with Crippen LogP contribution in [0, 0.1) is 0 Å². The summed E-state index contributed by atoms with van der Waals surface area (Å²) < 4.78 is 34.0. The predicted octanol–water partition coefficient (Wildman–Crippen LogP) is 1.79. The number of anilines is 2. The first-order chi connectivity index (χ1) is 10.0. The van der Waals surface area contributed by atoms with Crippen LogP contribution >= 0.6 is 11.3 Å². The van der Waals surface area contributed by atoms with Crippen molar-refractivity contribution in [2.75, 3.05) is 17.6 Å². The molecule has 0 radical (unpaired) electrons. The number of aromatic nitrogens is 2. The molecule has 0 atom stereocenters. The number of thiazole rings is 1. The van der Waals surface area contributed by atoms with Gasteiger partial charge in [0.2, 0.25) is 5.03 Å². The molecule has 7 nitrogen and oxygen atoms in total. The molecule has 3 rings (SSSR count). The van der Waals surface area contributed by atoms with E-state index in [4.69, 9.17) is 10.5 Å². The van der Waals surface area contributed by atoms with Crippen LogP contribution in [0.1, 0.15) is 0 Å². The lowest BCUT2D eigenvalue weighted by molar-refractivity contribution is 0.415. The summed E-state index contributed by atoms with van der Waals surface area (Å²) in [4.78, 5) is 4.56. The van der Waals surface area contributed by atoms with E-state index in [0.29, 0.717) is 16.4 Å². The minimum absolute atomic E-state index is 0.0303. The van der Waals surface area contributed by atoms with E-state index < -0.39 is 10.0 Å². The van der Waals surface area contributed by atoms with Gasteiger partial charge in [-0.05, 0) is 12.1 Å². The zero-order chi connectivity index (χ0) is 15.0. The number of sulfonamides is 1. The highest BCUT2D eigenvalue weighted by molar-refractivity contribution is 7.92. The first-order valence-corrected chi connectivity index (χ1v) is 8.25. The van der Waals surface area contributed by atoms with Crippen LogP contribution in [0.3, 0.4) is 0 Å². The second-order valence-corrected chi connectivity index (χ2v) is 6.67. The van der Waals surface area contributed by atoms with Gasteiger partial charge in [0.25, 0.3) is 10.0 Å². The lowest BCUT2D eigenvalue weighted by Gasteiger charge is -2.09. The Balaban J connectivity index is 2.04. The maximum absolute atomic E-state index is 12.5. The third kappa shape index (κ3) is 2.41. The number of rotatable bonds is 4. The molecule has 0 saturated heterocycles. The van der Waals surface area contributed by atoms with Crippen LogP contribution < -0.4 is 15.2 Å². The number of nitrogens with two attached hydrogens (primary N) is 1. The van der Waals surface area contributed by atoms with Crippen LogP contribution in [0.15, 0.2) is 40.9 Å². The van der Waals surface area contributed by atoms with E-state index in [2.05, 4.69) is 9.71 Å². The second kappa shape index (κ2) is 4.93. The minimum atomic E-state index is -3.85. The number of hydrogen-bond acceptors (Lipinski definition) is 6. The highest BCUT2D eigenvalue weighted by Crippen LogP contribution is 2.26. The van der Waals surface area contributed by atoms with Crippen molar-refractivity contribution < 1.29 is 13.2 Å². The molecule has 3 aromatic rings.